The van der Waals surface area contributed by atoms with Crippen LogP contribution in [0.3, 0.4) is 0 Å². The first kappa shape index (κ1) is 18.9. The van der Waals surface area contributed by atoms with Crippen LogP contribution in [0.25, 0.3) is 0 Å². The van der Waals surface area contributed by atoms with Crippen molar-refractivity contribution in [3.63, 3.8) is 0 Å². The normalized spacial score (nSPS) is 11.3. The Balaban J connectivity index is 2.03. The lowest BCUT2D eigenvalue weighted by Gasteiger charge is -2.10. The summed E-state index contributed by atoms with van der Waals surface area (Å²) in [4.78, 5) is 16.1. The number of nitrogens with one attached hydrogen (secondary N) is 2. The van der Waals surface area contributed by atoms with E-state index >= 15 is 0 Å². The van der Waals surface area contributed by atoms with Gasteiger partial charge < -0.3 is 19.8 Å². The third kappa shape index (κ3) is 5.26. The van der Waals surface area contributed by atoms with Crippen molar-refractivity contribution in [1.29, 1.82) is 0 Å². The van der Waals surface area contributed by atoms with Gasteiger partial charge in [-0.05, 0) is 31.5 Å². The van der Waals surface area contributed by atoms with E-state index in [0.29, 0.717) is 41.2 Å². The number of hydrogen-bond acceptors (Lipinski definition) is 4. The zero-order chi connectivity index (χ0) is 18.2. The quantitative estimate of drug-likeness (QED) is 0.468. The highest BCUT2D eigenvalue weighted by molar-refractivity contribution is 6.31. The van der Waals surface area contributed by atoms with Crippen molar-refractivity contribution in [3.05, 3.63) is 58.0 Å². The number of ether oxygens (including phenoxy) is 1. The van der Waals surface area contributed by atoms with E-state index in [2.05, 4.69) is 15.6 Å². The molecule has 0 amide bonds. The van der Waals surface area contributed by atoms with E-state index in [1.165, 1.54) is 7.11 Å². The molecule has 7 heteroatoms. The van der Waals surface area contributed by atoms with Gasteiger partial charge in [-0.25, -0.2) is 9.79 Å². The average molecular weight is 364 g/mol. The molecule has 1 aromatic carbocycles. The fraction of sp³-hybridized carbons (Fsp3) is 0.333. The monoisotopic (exact) mass is 363 g/mol. The Labute approximate surface area is 152 Å². The number of carbonyl (C=O) groups is 1. The van der Waals surface area contributed by atoms with Crippen LogP contribution in [0, 0.1) is 6.92 Å². The van der Waals surface area contributed by atoms with Crippen LogP contribution < -0.4 is 10.6 Å². The van der Waals surface area contributed by atoms with E-state index < -0.39 is 5.97 Å². The van der Waals surface area contributed by atoms with Crippen molar-refractivity contribution in [2.75, 3.05) is 13.7 Å². The zero-order valence-electron chi connectivity index (χ0n) is 14.6. The van der Waals surface area contributed by atoms with Crippen LogP contribution in [0.4, 0.5) is 0 Å². The number of hydrogen-bond donors (Lipinski definition) is 2. The van der Waals surface area contributed by atoms with Gasteiger partial charge in [0.15, 0.2) is 5.96 Å². The average Bonchev–Trinajstić information content (AvgIpc) is 2.98. The number of rotatable bonds is 6. The first-order chi connectivity index (χ1) is 12.0. The van der Waals surface area contributed by atoms with Gasteiger partial charge in [0.2, 0.25) is 0 Å². The molecule has 0 fully saturated rings. The van der Waals surface area contributed by atoms with Crippen LogP contribution in [-0.2, 0) is 17.8 Å². The second-order valence-corrected chi connectivity index (χ2v) is 5.72. The highest BCUT2D eigenvalue weighted by Gasteiger charge is 2.15. The molecular weight excluding hydrogens is 342 g/mol. The number of furan rings is 1. The molecule has 2 N–H and O–H groups in total. The van der Waals surface area contributed by atoms with E-state index in [1.807, 2.05) is 31.2 Å². The van der Waals surface area contributed by atoms with Crippen molar-refractivity contribution in [2.45, 2.75) is 26.9 Å². The molecule has 0 unspecified atom stereocenters. The number of halogens is 1. The molecule has 2 rings (SSSR count). The van der Waals surface area contributed by atoms with Crippen molar-refractivity contribution < 1.29 is 13.9 Å². The second kappa shape index (κ2) is 9.13. The van der Waals surface area contributed by atoms with Crippen molar-refractivity contribution in [1.82, 2.24) is 10.6 Å². The first-order valence-electron chi connectivity index (χ1n) is 7.98. The van der Waals surface area contributed by atoms with E-state index in [-0.39, 0.29) is 0 Å². The summed E-state index contributed by atoms with van der Waals surface area (Å²) in [5, 5.41) is 7.02. The maximum atomic E-state index is 11.6. The Morgan fingerprint density at radius 3 is 2.76 bits per heavy atom. The smallest absolute Gasteiger partial charge is 0.341 e. The number of aryl methyl sites for hydroxylation is 1. The van der Waals surface area contributed by atoms with Crippen LogP contribution >= 0.6 is 11.6 Å². The number of esters is 1. The third-order valence-corrected chi connectivity index (χ3v) is 3.88. The van der Waals surface area contributed by atoms with E-state index in [0.717, 1.165) is 12.1 Å². The minimum absolute atomic E-state index is 0.395. The Morgan fingerprint density at radius 2 is 2.08 bits per heavy atom. The first-order valence-corrected chi connectivity index (χ1v) is 8.36. The number of guanidine groups is 1. The summed E-state index contributed by atoms with van der Waals surface area (Å²) in [5.74, 6) is 1.38. The highest BCUT2D eigenvalue weighted by atomic mass is 35.5. The van der Waals surface area contributed by atoms with Gasteiger partial charge in [-0.3, -0.25) is 0 Å². The lowest BCUT2D eigenvalue weighted by atomic mass is 10.2. The lowest BCUT2D eigenvalue weighted by Crippen LogP contribution is -2.36. The summed E-state index contributed by atoms with van der Waals surface area (Å²) in [5.41, 5.74) is 1.38. The molecule has 0 saturated heterocycles. The fourth-order valence-electron chi connectivity index (χ4n) is 2.25. The Kier molecular flexibility index (Phi) is 6.89. The molecule has 0 spiro atoms. The maximum absolute atomic E-state index is 11.6. The highest BCUT2D eigenvalue weighted by Crippen LogP contribution is 2.16. The van der Waals surface area contributed by atoms with Crippen molar-refractivity contribution in [2.24, 2.45) is 4.99 Å². The molecule has 134 valence electrons. The number of benzene rings is 1. The SMILES string of the molecule is CCNC(=NCc1ccccc1Cl)NCc1cc(C(=O)OC)c(C)o1. The number of carbonyl (C=O) groups excluding carboxylic acids is 1. The minimum Gasteiger partial charge on any atom is -0.465 e. The topological polar surface area (TPSA) is 75.9 Å². The molecule has 1 heterocycles. The fourth-order valence-corrected chi connectivity index (χ4v) is 2.44. The molecule has 25 heavy (non-hydrogen) atoms. The number of nitrogens with zero attached hydrogens (tertiary/aromatic N) is 1. The second-order valence-electron chi connectivity index (χ2n) is 5.31. The summed E-state index contributed by atoms with van der Waals surface area (Å²) in [6, 6.07) is 9.26. The third-order valence-electron chi connectivity index (χ3n) is 3.51. The van der Waals surface area contributed by atoms with Crippen molar-refractivity contribution >= 4 is 23.5 Å². The zero-order valence-corrected chi connectivity index (χ0v) is 15.3. The predicted molar refractivity (Wildman–Crippen MR) is 97.9 cm³/mol. The standard InChI is InChI=1S/C18H22ClN3O3/c1-4-20-18(21-10-13-7-5-6-8-16(13)19)22-11-14-9-15(12(2)25-14)17(23)24-3/h5-9H,4,10-11H2,1-3H3,(H2,20,21,22). The van der Waals surface area contributed by atoms with Crippen LogP contribution in [0.2, 0.25) is 5.02 Å². The van der Waals surface area contributed by atoms with Crippen LogP contribution in [0.15, 0.2) is 39.7 Å². The molecule has 6 nitrogen and oxygen atoms in total. The Bertz CT molecular complexity index is 756. The molecule has 0 aliphatic rings. The number of methoxy groups -OCH3 is 1. The largest absolute Gasteiger partial charge is 0.465 e. The minimum atomic E-state index is -0.410. The Hall–Kier alpha value is -2.47. The predicted octanol–water partition coefficient (Wildman–Crippen LogP) is 3.28. The van der Waals surface area contributed by atoms with Gasteiger partial charge in [0.25, 0.3) is 0 Å². The molecule has 2 aromatic rings. The summed E-state index contributed by atoms with van der Waals surface area (Å²) in [6.07, 6.45) is 0. The van der Waals surface area contributed by atoms with E-state index in [9.17, 15) is 4.79 Å². The van der Waals surface area contributed by atoms with Crippen LogP contribution in [0.5, 0.6) is 0 Å². The molecule has 0 atom stereocenters. The van der Waals surface area contributed by atoms with Gasteiger partial charge in [-0.2, -0.15) is 0 Å². The molecule has 0 aliphatic heterocycles. The van der Waals surface area contributed by atoms with Gasteiger partial charge in [-0.1, -0.05) is 29.8 Å². The Morgan fingerprint density at radius 1 is 1.32 bits per heavy atom. The summed E-state index contributed by atoms with van der Waals surface area (Å²) in [6.45, 7) is 5.29. The van der Waals surface area contributed by atoms with Crippen LogP contribution in [0.1, 0.15) is 34.4 Å². The molecule has 1 aromatic heterocycles. The van der Waals surface area contributed by atoms with Gasteiger partial charge in [-0.15, -0.1) is 0 Å². The summed E-state index contributed by atoms with van der Waals surface area (Å²) < 4.78 is 10.3. The molecule has 0 bridgehead atoms. The summed E-state index contributed by atoms with van der Waals surface area (Å²) >= 11 is 6.15. The molecule has 0 saturated carbocycles. The van der Waals surface area contributed by atoms with Crippen molar-refractivity contribution in [3.8, 4) is 0 Å². The van der Waals surface area contributed by atoms with Gasteiger partial charge >= 0.3 is 5.97 Å². The van der Waals surface area contributed by atoms with E-state index in [1.54, 1.807) is 13.0 Å². The van der Waals surface area contributed by atoms with E-state index in [4.69, 9.17) is 20.8 Å². The molecule has 0 radical (unpaired) electrons. The maximum Gasteiger partial charge on any atom is 0.341 e. The van der Waals surface area contributed by atoms with Gasteiger partial charge in [0, 0.05) is 11.6 Å². The van der Waals surface area contributed by atoms with Gasteiger partial charge in [0.05, 0.1) is 20.2 Å². The molecular formula is C18H22ClN3O3. The van der Waals surface area contributed by atoms with Gasteiger partial charge in [0.1, 0.15) is 17.1 Å². The number of aliphatic imine (C=N–C) groups is 1. The van der Waals surface area contributed by atoms with Crippen LogP contribution in [-0.4, -0.2) is 25.6 Å². The molecule has 0 aliphatic carbocycles. The summed E-state index contributed by atoms with van der Waals surface area (Å²) in [7, 11) is 1.34. The lowest BCUT2D eigenvalue weighted by molar-refractivity contribution is 0.0599.